The van der Waals surface area contributed by atoms with Gasteiger partial charge in [-0.15, -0.1) is 0 Å². The van der Waals surface area contributed by atoms with Crippen LogP contribution in [0.2, 0.25) is 0 Å². The molecule has 0 amide bonds. The lowest BCUT2D eigenvalue weighted by atomic mass is 9.94. The summed E-state index contributed by atoms with van der Waals surface area (Å²) in [6.07, 6.45) is 2.78. The minimum Gasteiger partial charge on any atom is -0.335 e. The van der Waals surface area contributed by atoms with Crippen LogP contribution < -0.4 is 0 Å². The molecule has 1 saturated heterocycles. The van der Waals surface area contributed by atoms with E-state index in [2.05, 4.69) is 15.1 Å². The molecule has 28 heavy (non-hydrogen) atoms. The highest BCUT2D eigenvalue weighted by Gasteiger charge is 2.44. The Hall–Kier alpha value is -2.72. The molecule has 0 saturated carbocycles. The van der Waals surface area contributed by atoms with Crippen LogP contribution in [0, 0.1) is 5.82 Å². The Balaban J connectivity index is 1.52. The molecule has 0 aliphatic carbocycles. The Labute approximate surface area is 160 Å². The molecular weight excluding hydrogens is 390 g/mol. The standard InChI is InChI=1S/C18H16F2N4O3S/c19-14-3-1-2-4-15(14)28(25,26)24-11-7-18(20,8-12-24)17-22-16(23-27-17)13-5-9-21-10-6-13/h1-6,9-10H,7-8,11-12H2. The van der Waals surface area contributed by atoms with E-state index in [1.165, 1.54) is 18.2 Å². The summed E-state index contributed by atoms with van der Waals surface area (Å²) in [5, 5.41) is 3.80. The Morgan fingerprint density at radius 1 is 1.07 bits per heavy atom. The van der Waals surface area contributed by atoms with Gasteiger partial charge < -0.3 is 4.52 Å². The maximum absolute atomic E-state index is 15.4. The van der Waals surface area contributed by atoms with Gasteiger partial charge in [-0.1, -0.05) is 17.3 Å². The van der Waals surface area contributed by atoms with Crippen LogP contribution in [-0.2, 0) is 15.7 Å². The molecule has 0 radical (unpaired) electrons. The number of benzene rings is 1. The van der Waals surface area contributed by atoms with Gasteiger partial charge in [0.15, 0.2) is 5.67 Å². The fourth-order valence-electron chi connectivity index (χ4n) is 3.11. The first-order chi connectivity index (χ1) is 13.4. The highest BCUT2D eigenvalue weighted by Crippen LogP contribution is 2.38. The van der Waals surface area contributed by atoms with Gasteiger partial charge in [-0.3, -0.25) is 4.98 Å². The number of hydrogen-bond acceptors (Lipinski definition) is 6. The maximum atomic E-state index is 15.4. The third-order valence-corrected chi connectivity index (χ3v) is 6.65. The van der Waals surface area contributed by atoms with Crippen LogP contribution in [0.15, 0.2) is 58.2 Å². The molecule has 0 unspecified atom stereocenters. The first-order valence-corrected chi connectivity index (χ1v) is 10.0. The zero-order chi connectivity index (χ0) is 19.8. The molecule has 146 valence electrons. The van der Waals surface area contributed by atoms with Gasteiger partial charge in [0.2, 0.25) is 15.8 Å². The minimum absolute atomic E-state index is 0.125. The smallest absolute Gasteiger partial charge is 0.264 e. The SMILES string of the molecule is O=S(=O)(c1ccccc1F)N1CCC(F)(c2nc(-c3ccncc3)no2)CC1. The van der Waals surface area contributed by atoms with Crippen LogP contribution in [0.25, 0.3) is 11.4 Å². The second kappa shape index (κ2) is 7.02. The quantitative estimate of drug-likeness (QED) is 0.662. The summed E-state index contributed by atoms with van der Waals surface area (Å²) >= 11 is 0. The monoisotopic (exact) mass is 406 g/mol. The highest BCUT2D eigenvalue weighted by molar-refractivity contribution is 7.89. The van der Waals surface area contributed by atoms with Crippen molar-refractivity contribution in [3.63, 3.8) is 0 Å². The molecule has 3 aromatic rings. The molecule has 0 N–H and O–H groups in total. The normalized spacial score (nSPS) is 17.5. The van der Waals surface area contributed by atoms with Gasteiger partial charge in [0.25, 0.3) is 5.89 Å². The average molecular weight is 406 g/mol. The van der Waals surface area contributed by atoms with Gasteiger partial charge in [0.1, 0.15) is 10.7 Å². The fourth-order valence-corrected chi connectivity index (χ4v) is 4.62. The van der Waals surface area contributed by atoms with Crippen molar-refractivity contribution >= 4 is 10.0 Å². The number of halogens is 2. The molecule has 3 heterocycles. The van der Waals surface area contributed by atoms with E-state index in [0.717, 1.165) is 10.4 Å². The number of piperidine rings is 1. The van der Waals surface area contributed by atoms with E-state index in [1.54, 1.807) is 24.5 Å². The average Bonchev–Trinajstić information content (AvgIpc) is 3.20. The van der Waals surface area contributed by atoms with E-state index in [1.807, 2.05) is 0 Å². The van der Waals surface area contributed by atoms with E-state index in [9.17, 15) is 12.8 Å². The summed E-state index contributed by atoms with van der Waals surface area (Å²) in [5.41, 5.74) is -1.31. The van der Waals surface area contributed by atoms with Crippen LogP contribution >= 0.6 is 0 Å². The highest BCUT2D eigenvalue weighted by atomic mass is 32.2. The number of pyridine rings is 1. The van der Waals surface area contributed by atoms with Crippen molar-refractivity contribution < 1.29 is 21.7 Å². The first-order valence-electron chi connectivity index (χ1n) is 8.58. The number of rotatable bonds is 4. The van der Waals surface area contributed by atoms with Gasteiger partial charge in [-0.2, -0.15) is 9.29 Å². The molecule has 10 heteroatoms. The fraction of sp³-hybridized carbons (Fsp3) is 0.278. The van der Waals surface area contributed by atoms with Crippen LogP contribution in [0.4, 0.5) is 8.78 Å². The second-order valence-corrected chi connectivity index (χ2v) is 8.37. The van der Waals surface area contributed by atoms with Crippen molar-refractivity contribution in [2.24, 2.45) is 0 Å². The molecule has 4 rings (SSSR count). The molecule has 1 aliphatic rings. The minimum atomic E-state index is -4.04. The van der Waals surface area contributed by atoms with Gasteiger partial charge in [-0.05, 0) is 24.3 Å². The number of alkyl halides is 1. The van der Waals surface area contributed by atoms with Gasteiger partial charge in [0, 0.05) is 43.9 Å². The molecule has 1 aliphatic heterocycles. The van der Waals surface area contributed by atoms with Crippen LogP contribution in [-0.4, -0.2) is 40.9 Å². The Kier molecular flexibility index (Phi) is 4.68. The van der Waals surface area contributed by atoms with Gasteiger partial charge >= 0.3 is 0 Å². The summed E-state index contributed by atoms with van der Waals surface area (Å²) in [6.45, 7) is -0.250. The Bertz CT molecular complexity index is 1080. The summed E-state index contributed by atoms with van der Waals surface area (Å²) < 4.78 is 60.8. The summed E-state index contributed by atoms with van der Waals surface area (Å²) in [5.74, 6) is -0.795. The largest absolute Gasteiger partial charge is 0.335 e. The van der Waals surface area contributed by atoms with Crippen molar-refractivity contribution in [1.29, 1.82) is 0 Å². The number of nitrogens with zero attached hydrogens (tertiary/aromatic N) is 4. The topological polar surface area (TPSA) is 89.2 Å². The van der Waals surface area contributed by atoms with E-state index in [0.29, 0.717) is 5.56 Å². The summed E-state index contributed by atoms with van der Waals surface area (Å²) in [4.78, 5) is 7.60. The molecule has 2 aromatic heterocycles. The van der Waals surface area contributed by atoms with Crippen molar-refractivity contribution in [1.82, 2.24) is 19.4 Å². The lowest BCUT2D eigenvalue weighted by Gasteiger charge is -2.33. The van der Waals surface area contributed by atoms with Crippen molar-refractivity contribution in [2.45, 2.75) is 23.4 Å². The molecule has 7 nitrogen and oxygen atoms in total. The van der Waals surface area contributed by atoms with E-state index >= 15 is 4.39 Å². The first kappa shape index (κ1) is 18.6. The third-order valence-electron chi connectivity index (χ3n) is 4.72. The molecule has 0 atom stereocenters. The summed E-state index contributed by atoms with van der Waals surface area (Å²) in [6, 6.07) is 8.47. The van der Waals surface area contributed by atoms with E-state index in [4.69, 9.17) is 4.52 Å². The van der Waals surface area contributed by atoms with Crippen LogP contribution in [0.3, 0.4) is 0 Å². The van der Waals surface area contributed by atoms with Crippen LogP contribution in [0.5, 0.6) is 0 Å². The maximum Gasteiger partial charge on any atom is 0.264 e. The van der Waals surface area contributed by atoms with Gasteiger partial charge in [0.05, 0.1) is 0 Å². The molecular formula is C18H16F2N4O3S. The summed E-state index contributed by atoms with van der Waals surface area (Å²) in [7, 11) is -4.04. The second-order valence-electron chi connectivity index (χ2n) is 6.46. The number of aromatic nitrogens is 3. The predicted octanol–water partition coefficient (Wildman–Crippen LogP) is 2.92. The molecule has 0 bridgehead atoms. The van der Waals surface area contributed by atoms with Crippen molar-refractivity contribution in [3.8, 4) is 11.4 Å². The lowest BCUT2D eigenvalue weighted by Crippen LogP contribution is -2.43. The number of hydrogen-bond donors (Lipinski definition) is 0. The van der Waals surface area contributed by atoms with Crippen molar-refractivity contribution in [3.05, 3.63) is 60.5 Å². The molecule has 1 aromatic carbocycles. The van der Waals surface area contributed by atoms with Crippen molar-refractivity contribution in [2.75, 3.05) is 13.1 Å². The Morgan fingerprint density at radius 3 is 2.43 bits per heavy atom. The lowest BCUT2D eigenvalue weighted by molar-refractivity contribution is 0.0510. The Morgan fingerprint density at radius 2 is 1.75 bits per heavy atom. The number of sulfonamides is 1. The molecule has 0 spiro atoms. The van der Waals surface area contributed by atoms with E-state index < -0.39 is 26.4 Å². The van der Waals surface area contributed by atoms with Gasteiger partial charge in [-0.25, -0.2) is 17.2 Å². The van der Waals surface area contributed by atoms with Crippen LogP contribution in [0.1, 0.15) is 18.7 Å². The third kappa shape index (κ3) is 3.29. The zero-order valence-electron chi connectivity index (χ0n) is 14.6. The predicted molar refractivity (Wildman–Crippen MR) is 94.7 cm³/mol. The molecule has 1 fully saturated rings. The zero-order valence-corrected chi connectivity index (χ0v) is 15.4. The van der Waals surface area contributed by atoms with E-state index in [-0.39, 0.29) is 37.6 Å².